The molecule has 1 aromatic carbocycles. The van der Waals surface area contributed by atoms with E-state index >= 15 is 0 Å². The summed E-state index contributed by atoms with van der Waals surface area (Å²) in [7, 11) is 0. The number of rotatable bonds is 5. The number of carbonyl (C=O) groups excluding carboxylic acids is 1. The number of ether oxygens (including phenoxy) is 1. The van der Waals surface area contributed by atoms with Crippen LogP contribution < -0.4 is 15.5 Å². The van der Waals surface area contributed by atoms with Crippen LogP contribution in [0.1, 0.15) is 6.42 Å². The molecule has 2 saturated heterocycles. The second kappa shape index (κ2) is 9.76. The van der Waals surface area contributed by atoms with E-state index in [4.69, 9.17) is 4.74 Å². The van der Waals surface area contributed by atoms with E-state index in [1.807, 2.05) is 4.90 Å². The van der Waals surface area contributed by atoms with Gasteiger partial charge in [-0.15, -0.1) is 0 Å². The van der Waals surface area contributed by atoms with Gasteiger partial charge in [0.25, 0.3) is 0 Å². The van der Waals surface area contributed by atoms with Crippen molar-refractivity contribution >= 4 is 34.3 Å². The van der Waals surface area contributed by atoms with Gasteiger partial charge < -0.3 is 20.3 Å². The molecular formula is C25H22F4N8O2. The molecular weight excluding hydrogens is 520 g/mol. The third kappa shape index (κ3) is 5.32. The van der Waals surface area contributed by atoms with Crippen molar-refractivity contribution in [2.75, 3.05) is 28.6 Å². The van der Waals surface area contributed by atoms with Crippen molar-refractivity contribution in [2.24, 2.45) is 0 Å². The molecule has 0 spiro atoms. The van der Waals surface area contributed by atoms with Crippen LogP contribution in [0.3, 0.4) is 0 Å². The van der Waals surface area contributed by atoms with Crippen molar-refractivity contribution in [1.82, 2.24) is 24.7 Å². The minimum absolute atomic E-state index is 0.0156. The van der Waals surface area contributed by atoms with E-state index in [1.165, 1.54) is 6.20 Å². The second-order valence-corrected chi connectivity index (χ2v) is 9.37. The molecule has 202 valence electrons. The number of nitrogens with zero attached hydrogens (tertiary/aromatic N) is 6. The number of aromatic nitrogens is 5. The number of urea groups is 1. The van der Waals surface area contributed by atoms with E-state index in [0.29, 0.717) is 34.7 Å². The first-order valence-electron chi connectivity index (χ1n) is 12.1. The number of fused-ring (bicyclic) bond motifs is 3. The molecule has 0 saturated carbocycles. The standard InChI is InChI=1S/C25H22F4N8O2/c26-19-9-17-11-36(12-20(19)39-17)22-18-10-31-37(13-25(27,28)29)23(18)35-21(34-22)14-1-3-15(4-2-14)32-24(38)33-16-5-7-30-8-6-16/h1-8,10,17,19-20H,9,11-13H2,(H2,30,32,33,38). The Morgan fingerprint density at radius 3 is 2.44 bits per heavy atom. The van der Waals surface area contributed by atoms with Gasteiger partial charge in [0.1, 0.15) is 24.6 Å². The van der Waals surface area contributed by atoms with Gasteiger partial charge in [0.2, 0.25) is 0 Å². The van der Waals surface area contributed by atoms with Crippen LogP contribution in [0, 0.1) is 0 Å². The third-order valence-corrected chi connectivity index (χ3v) is 6.53. The maximum atomic E-state index is 14.3. The summed E-state index contributed by atoms with van der Waals surface area (Å²) in [5.41, 5.74) is 1.58. The molecule has 2 aliphatic heterocycles. The summed E-state index contributed by atoms with van der Waals surface area (Å²) in [5, 5.41) is 9.65. The number of anilines is 3. The average Bonchev–Trinajstić information content (AvgIpc) is 3.41. The SMILES string of the molecule is O=C(Nc1ccncc1)Nc1ccc(-c2nc(N3CC4CC(F)C(C3)O4)c3cnn(CC(F)(F)F)c3n2)cc1. The van der Waals surface area contributed by atoms with E-state index < -0.39 is 31.0 Å². The van der Waals surface area contributed by atoms with Crippen molar-refractivity contribution in [2.45, 2.75) is 37.5 Å². The Hall–Kier alpha value is -4.33. The molecule has 4 aromatic rings. The lowest BCUT2D eigenvalue weighted by atomic mass is 10.2. The lowest BCUT2D eigenvalue weighted by Gasteiger charge is -2.33. The molecule has 3 aromatic heterocycles. The van der Waals surface area contributed by atoms with E-state index in [1.54, 1.807) is 48.8 Å². The molecule has 14 heteroatoms. The number of alkyl halides is 4. The predicted octanol–water partition coefficient (Wildman–Crippen LogP) is 4.41. The van der Waals surface area contributed by atoms with Crippen LogP contribution in [-0.2, 0) is 11.3 Å². The molecule has 3 atom stereocenters. The Kier molecular flexibility index (Phi) is 6.25. The fourth-order valence-electron chi connectivity index (χ4n) is 4.80. The van der Waals surface area contributed by atoms with Crippen molar-refractivity contribution in [1.29, 1.82) is 0 Å². The maximum Gasteiger partial charge on any atom is 0.408 e. The number of carbonyl (C=O) groups is 1. The quantitative estimate of drug-likeness (QED) is 0.360. The van der Waals surface area contributed by atoms with Crippen molar-refractivity contribution < 1.29 is 27.1 Å². The highest BCUT2D eigenvalue weighted by Crippen LogP contribution is 2.35. The van der Waals surface area contributed by atoms with Crippen LogP contribution in [-0.4, -0.2) is 68.4 Å². The minimum Gasteiger partial charge on any atom is -0.368 e. The van der Waals surface area contributed by atoms with Gasteiger partial charge in [-0.2, -0.15) is 18.3 Å². The molecule has 10 nitrogen and oxygen atoms in total. The average molecular weight is 542 g/mol. The Morgan fingerprint density at radius 1 is 1.03 bits per heavy atom. The van der Waals surface area contributed by atoms with Gasteiger partial charge in [0, 0.05) is 48.8 Å². The first-order chi connectivity index (χ1) is 18.7. The minimum atomic E-state index is -4.51. The number of hydrogen-bond acceptors (Lipinski definition) is 7. The second-order valence-electron chi connectivity index (χ2n) is 9.37. The first kappa shape index (κ1) is 25.0. The highest BCUT2D eigenvalue weighted by molar-refractivity contribution is 5.99. The van der Waals surface area contributed by atoms with Crippen LogP contribution in [0.2, 0.25) is 0 Å². The fraction of sp³-hybridized carbons (Fsp3) is 0.320. The first-order valence-corrected chi connectivity index (χ1v) is 12.1. The fourth-order valence-corrected chi connectivity index (χ4v) is 4.80. The monoisotopic (exact) mass is 542 g/mol. The van der Waals surface area contributed by atoms with E-state index in [0.717, 1.165) is 4.68 Å². The summed E-state index contributed by atoms with van der Waals surface area (Å²) in [4.78, 5) is 27.1. The smallest absolute Gasteiger partial charge is 0.368 e. The molecule has 6 rings (SSSR count). The van der Waals surface area contributed by atoms with Gasteiger partial charge >= 0.3 is 12.2 Å². The summed E-state index contributed by atoms with van der Waals surface area (Å²) in [6, 6.07) is 9.39. The lowest BCUT2D eigenvalue weighted by Crippen LogP contribution is -2.44. The van der Waals surface area contributed by atoms with Crippen LogP contribution in [0.15, 0.2) is 55.0 Å². The highest BCUT2D eigenvalue weighted by atomic mass is 19.4. The molecule has 5 heterocycles. The van der Waals surface area contributed by atoms with Gasteiger partial charge in [-0.3, -0.25) is 4.98 Å². The van der Waals surface area contributed by atoms with E-state index in [2.05, 4.69) is 30.7 Å². The zero-order chi connectivity index (χ0) is 27.1. The molecule has 3 unspecified atom stereocenters. The Morgan fingerprint density at radius 2 is 1.74 bits per heavy atom. The zero-order valence-electron chi connectivity index (χ0n) is 20.3. The largest absolute Gasteiger partial charge is 0.408 e. The van der Waals surface area contributed by atoms with Gasteiger partial charge in [0.15, 0.2) is 11.5 Å². The molecule has 0 aliphatic carbocycles. The molecule has 2 amide bonds. The zero-order valence-corrected chi connectivity index (χ0v) is 20.3. The van der Waals surface area contributed by atoms with Crippen LogP contribution in [0.5, 0.6) is 0 Å². The molecule has 2 N–H and O–H groups in total. The van der Waals surface area contributed by atoms with Crippen molar-refractivity contribution in [3.05, 3.63) is 55.0 Å². The Balaban J connectivity index is 1.31. The third-order valence-electron chi connectivity index (χ3n) is 6.53. The van der Waals surface area contributed by atoms with Gasteiger partial charge in [-0.1, -0.05) is 0 Å². The number of pyridine rings is 1. The highest BCUT2D eigenvalue weighted by Gasteiger charge is 2.42. The van der Waals surface area contributed by atoms with Crippen LogP contribution >= 0.6 is 0 Å². The molecule has 2 aliphatic rings. The van der Waals surface area contributed by atoms with Crippen LogP contribution in [0.4, 0.5) is 39.5 Å². The van der Waals surface area contributed by atoms with E-state index in [9.17, 15) is 22.4 Å². The Bertz CT molecular complexity index is 1490. The number of halogens is 4. The summed E-state index contributed by atoms with van der Waals surface area (Å²) < 4.78 is 60.5. The number of benzene rings is 1. The summed E-state index contributed by atoms with van der Waals surface area (Å²) >= 11 is 0. The molecule has 0 radical (unpaired) electrons. The van der Waals surface area contributed by atoms with Gasteiger partial charge in [0.05, 0.1) is 17.7 Å². The van der Waals surface area contributed by atoms with Crippen molar-refractivity contribution in [3.8, 4) is 11.4 Å². The number of hydrogen-bond donors (Lipinski definition) is 2. The van der Waals surface area contributed by atoms with E-state index in [-0.39, 0.29) is 30.5 Å². The number of nitrogens with one attached hydrogen (secondary N) is 2. The number of morpholine rings is 1. The Labute approximate surface area is 219 Å². The molecule has 2 bridgehead atoms. The number of amides is 2. The topological polar surface area (TPSA) is 110 Å². The maximum absolute atomic E-state index is 14.3. The van der Waals surface area contributed by atoms with Crippen molar-refractivity contribution in [3.63, 3.8) is 0 Å². The normalized spacial score (nSPS) is 20.8. The molecule has 39 heavy (non-hydrogen) atoms. The predicted molar refractivity (Wildman–Crippen MR) is 134 cm³/mol. The summed E-state index contributed by atoms with van der Waals surface area (Å²) in [5.74, 6) is 0.541. The summed E-state index contributed by atoms with van der Waals surface area (Å²) in [6.07, 6.45) is -1.92. The van der Waals surface area contributed by atoms with Gasteiger partial charge in [-0.25, -0.2) is 23.8 Å². The van der Waals surface area contributed by atoms with Crippen LogP contribution in [0.25, 0.3) is 22.4 Å². The summed E-state index contributed by atoms with van der Waals surface area (Å²) in [6.45, 7) is -0.756. The van der Waals surface area contributed by atoms with Gasteiger partial charge in [-0.05, 0) is 36.4 Å². The lowest BCUT2D eigenvalue weighted by molar-refractivity contribution is -0.141. The molecule has 2 fully saturated rings.